The number of aldehydes is 1. The van der Waals surface area contributed by atoms with Gasteiger partial charge in [-0.05, 0) is 17.5 Å². The number of hydrogen-bond donors (Lipinski definition) is 0. The van der Waals surface area contributed by atoms with Crippen LogP contribution in [0.25, 0.3) is 6.08 Å². The van der Waals surface area contributed by atoms with Crippen molar-refractivity contribution in [2.75, 3.05) is 0 Å². The summed E-state index contributed by atoms with van der Waals surface area (Å²) in [7, 11) is 0. The highest BCUT2D eigenvalue weighted by atomic mass is 16.1. The van der Waals surface area contributed by atoms with Crippen molar-refractivity contribution < 1.29 is 4.79 Å². The van der Waals surface area contributed by atoms with Gasteiger partial charge in [0.15, 0.2) is 0 Å². The molecule has 0 radical (unpaired) electrons. The summed E-state index contributed by atoms with van der Waals surface area (Å²) in [6, 6.07) is 20.6. The van der Waals surface area contributed by atoms with Gasteiger partial charge in [0.2, 0.25) is 0 Å². The molecule has 0 aromatic heterocycles. The number of unbranched alkanes of at least 4 members (excludes halogenated alkanes) is 1. The molecule has 0 saturated carbocycles. The van der Waals surface area contributed by atoms with Crippen LogP contribution in [0.1, 0.15) is 43.2 Å². The molecule has 0 N–H and O–H groups in total. The summed E-state index contributed by atoms with van der Waals surface area (Å²) in [4.78, 5) is 11.6. The third-order valence-electron chi connectivity index (χ3n) is 4.01. The van der Waals surface area contributed by atoms with Gasteiger partial charge in [-0.15, -0.1) is 0 Å². The zero-order valence-electron chi connectivity index (χ0n) is 13.2. The molecule has 2 rings (SSSR count). The molecule has 1 heteroatoms. The number of allylic oxidation sites excluding steroid dienone is 1. The third-order valence-corrected chi connectivity index (χ3v) is 4.01. The van der Waals surface area contributed by atoms with Gasteiger partial charge in [0, 0.05) is 11.8 Å². The minimum absolute atomic E-state index is 0.0438. The van der Waals surface area contributed by atoms with Crippen LogP contribution in [0, 0.1) is 5.92 Å². The topological polar surface area (TPSA) is 17.1 Å². The average molecular weight is 292 g/mol. The van der Waals surface area contributed by atoms with Crippen molar-refractivity contribution in [3.05, 3.63) is 77.9 Å². The Morgan fingerprint density at radius 2 is 1.59 bits per heavy atom. The third kappa shape index (κ3) is 4.70. The van der Waals surface area contributed by atoms with Crippen molar-refractivity contribution in [2.45, 2.75) is 32.1 Å². The predicted octanol–water partition coefficient (Wildman–Crippen LogP) is 5.49. The van der Waals surface area contributed by atoms with Crippen molar-refractivity contribution in [1.29, 1.82) is 0 Å². The average Bonchev–Trinajstić information content (AvgIpc) is 2.59. The fourth-order valence-corrected chi connectivity index (χ4v) is 2.73. The predicted molar refractivity (Wildman–Crippen MR) is 93.7 cm³/mol. The van der Waals surface area contributed by atoms with Gasteiger partial charge in [-0.1, -0.05) is 92.6 Å². The molecule has 0 amide bonds. The number of carbonyl (C=O) groups is 1. The van der Waals surface area contributed by atoms with Gasteiger partial charge < -0.3 is 4.79 Å². The Morgan fingerprint density at radius 1 is 0.955 bits per heavy atom. The number of hydrogen-bond acceptors (Lipinski definition) is 1. The van der Waals surface area contributed by atoms with Crippen LogP contribution in [-0.2, 0) is 4.79 Å². The summed E-state index contributed by atoms with van der Waals surface area (Å²) >= 11 is 0. The lowest BCUT2D eigenvalue weighted by Gasteiger charge is -2.20. The Morgan fingerprint density at radius 3 is 2.18 bits per heavy atom. The molecule has 22 heavy (non-hydrogen) atoms. The first-order valence-electron chi connectivity index (χ1n) is 8.08. The van der Waals surface area contributed by atoms with E-state index in [1.165, 1.54) is 11.1 Å². The maximum Gasteiger partial charge on any atom is 0.123 e. The van der Waals surface area contributed by atoms with Gasteiger partial charge in [-0.3, -0.25) is 0 Å². The Hall–Kier alpha value is -2.15. The largest absolute Gasteiger partial charge is 0.303 e. The van der Waals surface area contributed by atoms with Gasteiger partial charge in [-0.2, -0.15) is 0 Å². The standard InChI is InChI=1S/C21H24O/c1-2-3-12-20(17-22)21(19-13-8-5-9-14-19)16-15-18-10-6-4-7-11-18/h4-11,13-17,20-21H,2-3,12H2,1H3/b16-15+/t20-,21+/m0/s1. The second-order valence-corrected chi connectivity index (χ2v) is 5.65. The van der Waals surface area contributed by atoms with Crippen LogP contribution in [0.5, 0.6) is 0 Å². The molecule has 0 aliphatic carbocycles. The van der Waals surface area contributed by atoms with E-state index in [1.54, 1.807) is 0 Å². The van der Waals surface area contributed by atoms with Gasteiger partial charge in [0.05, 0.1) is 0 Å². The molecule has 1 nitrogen and oxygen atoms in total. The van der Waals surface area contributed by atoms with E-state index in [0.29, 0.717) is 0 Å². The fraction of sp³-hybridized carbons (Fsp3) is 0.286. The summed E-state index contributed by atoms with van der Waals surface area (Å²) < 4.78 is 0. The maximum atomic E-state index is 11.6. The van der Waals surface area contributed by atoms with E-state index in [0.717, 1.165) is 25.5 Å². The molecular formula is C21H24O. The number of rotatable bonds is 8. The molecule has 0 aliphatic heterocycles. The molecular weight excluding hydrogens is 268 g/mol. The highest BCUT2D eigenvalue weighted by Gasteiger charge is 2.19. The Bertz CT molecular complexity index is 571. The molecule has 114 valence electrons. The SMILES string of the molecule is CCCC[C@@H](C=O)[C@H](/C=C/c1ccccc1)c1ccccc1. The second-order valence-electron chi connectivity index (χ2n) is 5.65. The van der Waals surface area contributed by atoms with Crippen LogP contribution in [0.15, 0.2) is 66.7 Å². The normalized spacial score (nSPS) is 13.9. The van der Waals surface area contributed by atoms with Gasteiger partial charge in [0.1, 0.15) is 6.29 Å². The Kier molecular flexibility index (Phi) is 6.63. The van der Waals surface area contributed by atoms with Crippen molar-refractivity contribution in [2.24, 2.45) is 5.92 Å². The monoisotopic (exact) mass is 292 g/mol. The van der Waals surface area contributed by atoms with Crippen LogP contribution in [0.4, 0.5) is 0 Å². The summed E-state index contributed by atoms with van der Waals surface area (Å²) in [5, 5.41) is 0. The molecule has 2 aromatic carbocycles. The lowest BCUT2D eigenvalue weighted by molar-refractivity contribution is -0.111. The summed E-state index contributed by atoms with van der Waals surface area (Å²) in [6.07, 6.45) is 8.58. The smallest absolute Gasteiger partial charge is 0.123 e. The fourth-order valence-electron chi connectivity index (χ4n) is 2.73. The zero-order chi connectivity index (χ0) is 15.6. The van der Waals surface area contributed by atoms with Gasteiger partial charge >= 0.3 is 0 Å². The summed E-state index contributed by atoms with van der Waals surface area (Å²) in [5.41, 5.74) is 2.38. The Labute approximate surface area is 133 Å². The molecule has 0 heterocycles. The lowest BCUT2D eigenvalue weighted by Crippen LogP contribution is -2.12. The van der Waals surface area contributed by atoms with Crippen molar-refractivity contribution >= 4 is 12.4 Å². The first kappa shape index (κ1) is 16.2. The summed E-state index contributed by atoms with van der Waals surface area (Å²) in [5.74, 6) is 0.188. The second kappa shape index (κ2) is 8.99. The van der Waals surface area contributed by atoms with Crippen molar-refractivity contribution in [3.63, 3.8) is 0 Å². The number of benzene rings is 2. The zero-order valence-corrected chi connectivity index (χ0v) is 13.2. The minimum Gasteiger partial charge on any atom is -0.303 e. The molecule has 2 atom stereocenters. The van der Waals surface area contributed by atoms with E-state index in [4.69, 9.17) is 0 Å². The van der Waals surface area contributed by atoms with Gasteiger partial charge in [0.25, 0.3) is 0 Å². The van der Waals surface area contributed by atoms with Crippen molar-refractivity contribution in [1.82, 2.24) is 0 Å². The van der Waals surface area contributed by atoms with E-state index >= 15 is 0 Å². The first-order chi connectivity index (χ1) is 10.8. The lowest BCUT2D eigenvalue weighted by atomic mass is 9.83. The van der Waals surface area contributed by atoms with Crippen LogP contribution in [-0.4, -0.2) is 6.29 Å². The van der Waals surface area contributed by atoms with E-state index in [2.05, 4.69) is 43.3 Å². The van der Waals surface area contributed by atoms with Crippen LogP contribution in [0.2, 0.25) is 0 Å². The minimum atomic E-state index is 0.0438. The molecule has 2 aromatic rings. The molecule has 0 aliphatic rings. The number of carbonyl (C=O) groups excluding carboxylic acids is 1. The van der Waals surface area contributed by atoms with Gasteiger partial charge in [-0.25, -0.2) is 0 Å². The quantitative estimate of drug-likeness (QED) is 0.588. The summed E-state index contributed by atoms with van der Waals surface area (Å²) in [6.45, 7) is 2.17. The highest BCUT2D eigenvalue weighted by molar-refractivity contribution is 5.59. The first-order valence-corrected chi connectivity index (χ1v) is 8.08. The van der Waals surface area contributed by atoms with Crippen LogP contribution < -0.4 is 0 Å². The Balaban J connectivity index is 2.25. The van der Waals surface area contributed by atoms with E-state index in [1.807, 2.05) is 36.4 Å². The maximum absolute atomic E-state index is 11.6. The molecule has 0 saturated heterocycles. The van der Waals surface area contributed by atoms with E-state index in [9.17, 15) is 4.79 Å². The van der Waals surface area contributed by atoms with Crippen molar-refractivity contribution in [3.8, 4) is 0 Å². The van der Waals surface area contributed by atoms with E-state index < -0.39 is 0 Å². The molecule has 0 fully saturated rings. The molecule has 0 unspecified atom stereocenters. The highest BCUT2D eigenvalue weighted by Crippen LogP contribution is 2.29. The van der Waals surface area contributed by atoms with Crippen LogP contribution >= 0.6 is 0 Å². The van der Waals surface area contributed by atoms with Crippen LogP contribution in [0.3, 0.4) is 0 Å². The molecule has 0 bridgehead atoms. The molecule has 0 spiro atoms. The van der Waals surface area contributed by atoms with E-state index in [-0.39, 0.29) is 11.8 Å².